The van der Waals surface area contributed by atoms with Crippen molar-refractivity contribution < 1.29 is 8.42 Å². The van der Waals surface area contributed by atoms with Gasteiger partial charge in [0.15, 0.2) is 0 Å². The molecule has 0 heterocycles. The molecule has 0 aromatic heterocycles. The lowest BCUT2D eigenvalue weighted by Crippen LogP contribution is -2.44. The van der Waals surface area contributed by atoms with E-state index in [4.69, 9.17) is 0 Å². The molecule has 2 aliphatic rings. The monoisotopic (exact) mass is 287 g/mol. The lowest BCUT2D eigenvalue weighted by molar-refractivity contribution is 0.181. The van der Waals surface area contributed by atoms with Crippen LogP contribution in [0.3, 0.4) is 0 Å². The van der Waals surface area contributed by atoms with Crippen molar-refractivity contribution in [2.45, 2.75) is 69.1 Å². The van der Waals surface area contributed by atoms with E-state index >= 15 is 0 Å². The summed E-state index contributed by atoms with van der Waals surface area (Å²) < 4.78 is 23.6. The molecule has 2 saturated carbocycles. The van der Waals surface area contributed by atoms with Crippen molar-refractivity contribution in [3.63, 3.8) is 0 Å². The van der Waals surface area contributed by atoms with Crippen molar-refractivity contribution in [2.24, 2.45) is 11.8 Å². The van der Waals surface area contributed by atoms with Crippen LogP contribution in [0.15, 0.2) is 0 Å². The number of hydrogen-bond acceptors (Lipinski definition) is 3. The highest BCUT2D eigenvalue weighted by Crippen LogP contribution is 2.37. The first kappa shape index (κ1) is 15.3. The lowest BCUT2D eigenvalue weighted by atomic mass is 9.74. The van der Waals surface area contributed by atoms with Crippen LogP contribution in [-0.2, 0) is 9.84 Å². The van der Waals surface area contributed by atoms with Gasteiger partial charge in [0.1, 0.15) is 9.84 Å². The molecular formula is C15H29NO2S. The predicted molar refractivity (Wildman–Crippen MR) is 80.0 cm³/mol. The SMILES string of the molecule is CNC(C1CCCCC1)C1CCCC(S(C)(=O)=O)C1. The van der Waals surface area contributed by atoms with E-state index < -0.39 is 9.84 Å². The summed E-state index contributed by atoms with van der Waals surface area (Å²) in [7, 11) is -0.800. The Labute approximate surface area is 118 Å². The van der Waals surface area contributed by atoms with Crippen molar-refractivity contribution in [3.8, 4) is 0 Å². The summed E-state index contributed by atoms with van der Waals surface area (Å²) in [4.78, 5) is 0. The fraction of sp³-hybridized carbons (Fsp3) is 1.00. The molecule has 2 aliphatic carbocycles. The van der Waals surface area contributed by atoms with Gasteiger partial charge in [-0.2, -0.15) is 0 Å². The van der Waals surface area contributed by atoms with E-state index in [1.54, 1.807) is 0 Å². The van der Waals surface area contributed by atoms with E-state index in [2.05, 4.69) is 12.4 Å². The van der Waals surface area contributed by atoms with E-state index in [9.17, 15) is 8.42 Å². The molecule has 19 heavy (non-hydrogen) atoms. The Bertz CT molecular complexity index is 374. The van der Waals surface area contributed by atoms with Gasteiger partial charge in [-0.05, 0) is 51.0 Å². The Kier molecular flexibility index (Phi) is 5.29. The number of sulfone groups is 1. The topological polar surface area (TPSA) is 46.2 Å². The zero-order valence-electron chi connectivity index (χ0n) is 12.4. The van der Waals surface area contributed by atoms with Gasteiger partial charge in [-0.1, -0.05) is 25.7 Å². The largest absolute Gasteiger partial charge is 0.316 e. The molecule has 2 rings (SSSR count). The molecule has 0 aliphatic heterocycles. The first-order valence-electron chi connectivity index (χ1n) is 7.88. The highest BCUT2D eigenvalue weighted by Gasteiger charge is 2.35. The van der Waals surface area contributed by atoms with Crippen LogP contribution in [0.25, 0.3) is 0 Å². The lowest BCUT2D eigenvalue weighted by Gasteiger charge is -2.39. The third-order valence-corrected chi connectivity index (χ3v) is 6.91. The number of rotatable bonds is 4. The summed E-state index contributed by atoms with van der Waals surface area (Å²) in [6, 6.07) is 0.532. The van der Waals surface area contributed by atoms with Crippen LogP contribution >= 0.6 is 0 Å². The Morgan fingerprint density at radius 2 is 1.58 bits per heavy atom. The summed E-state index contributed by atoms with van der Waals surface area (Å²) in [5.41, 5.74) is 0. The van der Waals surface area contributed by atoms with Crippen LogP contribution in [0.1, 0.15) is 57.8 Å². The maximum atomic E-state index is 11.8. The van der Waals surface area contributed by atoms with Gasteiger partial charge in [-0.3, -0.25) is 0 Å². The van der Waals surface area contributed by atoms with Crippen LogP contribution in [0.2, 0.25) is 0 Å². The Hall–Kier alpha value is -0.0900. The highest BCUT2D eigenvalue weighted by atomic mass is 32.2. The first-order valence-corrected chi connectivity index (χ1v) is 9.84. The summed E-state index contributed by atoms with van der Waals surface area (Å²) in [5.74, 6) is 1.32. The van der Waals surface area contributed by atoms with E-state index in [-0.39, 0.29) is 5.25 Å². The second-order valence-electron chi connectivity index (χ2n) is 6.59. The molecule has 0 saturated heterocycles. The number of hydrogen-bond donors (Lipinski definition) is 1. The van der Waals surface area contributed by atoms with E-state index in [0.717, 1.165) is 25.2 Å². The average Bonchev–Trinajstić information content (AvgIpc) is 2.40. The third kappa shape index (κ3) is 3.94. The quantitative estimate of drug-likeness (QED) is 0.865. The van der Waals surface area contributed by atoms with Crippen molar-refractivity contribution in [1.29, 1.82) is 0 Å². The molecule has 0 bridgehead atoms. The summed E-state index contributed by atoms with van der Waals surface area (Å²) in [5, 5.41) is 3.43. The molecule has 0 amide bonds. The summed E-state index contributed by atoms with van der Waals surface area (Å²) in [6.45, 7) is 0. The molecule has 3 unspecified atom stereocenters. The average molecular weight is 287 g/mol. The maximum absolute atomic E-state index is 11.8. The van der Waals surface area contributed by atoms with Gasteiger partial charge >= 0.3 is 0 Å². The molecule has 3 nitrogen and oxygen atoms in total. The molecule has 0 aromatic carbocycles. The maximum Gasteiger partial charge on any atom is 0.150 e. The first-order chi connectivity index (χ1) is 9.02. The minimum absolute atomic E-state index is 0.0920. The summed E-state index contributed by atoms with van der Waals surface area (Å²) >= 11 is 0. The molecular weight excluding hydrogens is 258 g/mol. The minimum Gasteiger partial charge on any atom is -0.316 e. The van der Waals surface area contributed by atoms with Gasteiger partial charge in [-0.15, -0.1) is 0 Å². The molecule has 112 valence electrons. The van der Waals surface area contributed by atoms with Crippen molar-refractivity contribution in [1.82, 2.24) is 5.32 Å². The van der Waals surface area contributed by atoms with Crippen LogP contribution < -0.4 is 5.32 Å². The van der Waals surface area contributed by atoms with Crippen LogP contribution in [0, 0.1) is 11.8 Å². The van der Waals surface area contributed by atoms with Gasteiger partial charge in [0, 0.05) is 12.3 Å². The van der Waals surface area contributed by atoms with Crippen molar-refractivity contribution >= 4 is 9.84 Å². The normalized spacial score (nSPS) is 32.1. The second-order valence-corrected chi connectivity index (χ2v) is 8.92. The van der Waals surface area contributed by atoms with Crippen LogP contribution in [-0.4, -0.2) is 33.0 Å². The second kappa shape index (κ2) is 6.57. The smallest absolute Gasteiger partial charge is 0.150 e. The van der Waals surface area contributed by atoms with Gasteiger partial charge in [-0.25, -0.2) is 8.42 Å². The zero-order valence-corrected chi connectivity index (χ0v) is 13.2. The fourth-order valence-electron chi connectivity index (χ4n) is 4.25. The Morgan fingerprint density at radius 1 is 0.947 bits per heavy atom. The predicted octanol–water partition coefficient (Wildman–Crippen LogP) is 2.76. The van der Waals surface area contributed by atoms with Crippen LogP contribution in [0.4, 0.5) is 0 Å². The van der Waals surface area contributed by atoms with Gasteiger partial charge < -0.3 is 5.32 Å². The molecule has 0 spiro atoms. The van der Waals surface area contributed by atoms with E-state index in [1.165, 1.54) is 44.8 Å². The molecule has 1 N–H and O–H groups in total. The molecule has 4 heteroatoms. The van der Waals surface area contributed by atoms with E-state index in [0.29, 0.717) is 12.0 Å². The minimum atomic E-state index is -2.86. The number of nitrogens with one attached hydrogen (secondary N) is 1. The molecule has 0 aromatic rings. The van der Waals surface area contributed by atoms with Gasteiger partial charge in [0.05, 0.1) is 5.25 Å². The third-order valence-electron chi connectivity index (χ3n) is 5.27. The molecule has 3 atom stereocenters. The van der Waals surface area contributed by atoms with Crippen LogP contribution in [0.5, 0.6) is 0 Å². The Balaban J connectivity index is 2.01. The standard InChI is InChI=1S/C15H29NO2S/c1-16-15(12-7-4-3-5-8-12)13-9-6-10-14(11-13)19(2,17)18/h12-16H,3-11H2,1-2H3. The van der Waals surface area contributed by atoms with Gasteiger partial charge in [0.25, 0.3) is 0 Å². The Morgan fingerprint density at radius 3 is 2.16 bits per heavy atom. The fourth-order valence-corrected chi connectivity index (χ4v) is 5.44. The van der Waals surface area contributed by atoms with Crippen molar-refractivity contribution in [2.75, 3.05) is 13.3 Å². The van der Waals surface area contributed by atoms with E-state index in [1.807, 2.05) is 0 Å². The van der Waals surface area contributed by atoms with Gasteiger partial charge in [0.2, 0.25) is 0 Å². The summed E-state index contributed by atoms with van der Waals surface area (Å²) in [6.07, 6.45) is 12.2. The highest BCUT2D eigenvalue weighted by molar-refractivity contribution is 7.91. The molecule has 0 radical (unpaired) electrons. The zero-order chi connectivity index (χ0) is 13.9. The molecule has 2 fully saturated rings. The van der Waals surface area contributed by atoms with Crippen molar-refractivity contribution in [3.05, 3.63) is 0 Å².